The van der Waals surface area contributed by atoms with E-state index in [0.29, 0.717) is 13.1 Å². The second kappa shape index (κ2) is 8.53. The summed E-state index contributed by atoms with van der Waals surface area (Å²) in [5.74, 6) is -0.0447. The molecule has 1 saturated heterocycles. The van der Waals surface area contributed by atoms with Crippen molar-refractivity contribution in [3.63, 3.8) is 0 Å². The molecule has 1 aliphatic heterocycles. The van der Waals surface area contributed by atoms with Gasteiger partial charge in [-0.2, -0.15) is 0 Å². The Kier molecular flexibility index (Phi) is 6.11. The minimum absolute atomic E-state index is 0.0324. The van der Waals surface area contributed by atoms with Crippen LogP contribution < -0.4 is 5.32 Å². The second-order valence-corrected chi connectivity index (χ2v) is 7.66. The van der Waals surface area contributed by atoms with Gasteiger partial charge >= 0.3 is 0 Å². The van der Waals surface area contributed by atoms with Gasteiger partial charge in [-0.15, -0.1) is 0 Å². The van der Waals surface area contributed by atoms with Gasteiger partial charge in [-0.3, -0.25) is 14.5 Å². The number of piperazine rings is 1. The molecular weight excluding hydrogens is 338 g/mol. The van der Waals surface area contributed by atoms with Gasteiger partial charge in [0, 0.05) is 39.6 Å². The maximum Gasteiger partial charge on any atom is 0.245 e. The van der Waals surface area contributed by atoms with Crippen LogP contribution in [0.5, 0.6) is 0 Å². The van der Waals surface area contributed by atoms with E-state index in [-0.39, 0.29) is 17.7 Å². The SMILES string of the molecule is CC(=O)NC(C(=O)N1CCN(Cc2cccc3ccccc23)CC1)C(C)C. The summed E-state index contributed by atoms with van der Waals surface area (Å²) in [5, 5.41) is 5.36. The van der Waals surface area contributed by atoms with Gasteiger partial charge in [0.2, 0.25) is 11.8 Å². The van der Waals surface area contributed by atoms with Crippen molar-refractivity contribution in [1.82, 2.24) is 15.1 Å². The molecule has 0 aromatic heterocycles. The molecule has 3 rings (SSSR count). The fourth-order valence-electron chi connectivity index (χ4n) is 3.73. The molecule has 27 heavy (non-hydrogen) atoms. The molecule has 5 nitrogen and oxygen atoms in total. The van der Waals surface area contributed by atoms with E-state index >= 15 is 0 Å². The molecule has 1 fully saturated rings. The summed E-state index contributed by atoms with van der Waals surface area (Å²) in [6.07, 6.45) is 0. The van der Waals surface area contributed by atoms with Crippen LogP contribution in [-0.2, 0) is 16.1 Å². The third kappa shape index (κ3) is 4.66. The van der Waals surface area contributed by atoms with Crippen molar-refractivity contribution < 1.29 is 9.59 Å². The van der Waals surface area contributed by atoms with Crippen molar-refractivity contribution >= 4 is 22.6 Å². The highest BCUT2D eigenvalue weighted by atomic mass is 16.2. The molecule has 0 spiro atoms. The lowest BCUT2D eigenvalue weighted by Crippen LogP contribution is -2.56. The van der Waals surface area contributed by atoms with E-state index in [1.54, 1.807) is 0 Å². The average molecular weight is 367 g/mol. The predicted octanol–water partition coefficient (Wildman–Crippen LogP) is 2.64. The number of carbonyl (C=O) groups is 2. The quantitative estimate of drug-likeness (QED) is 0.884. The lowest BCUT2D eigenvalue weighted by molar-refractivity contribution is -0.138. The zero-order valence-corrected chi connectivity index (χ0v) is 16.4. The van der Waals surface area contributed by atoms with Crippen LogP contribution in [0.1, 0.15) is 26.3 Å². The predicted molar refractivity (Wildman–Crippen MR) is 108 cm³/mol. The Morgan fingerprint density at radius 3 is 2.33 bits per heavy atom. The van der Waals surface area contributed by atoms with Gasteiger partial charge in [0.15, 0.2) is 0 Å². The topological polar surface area (TPSA) is 52.7 Å². The summed E-state index contributed by atoms with van der Waals surface area (Å²) < 4.78 is 0. The molecule has 2 aromatic carbocycles. The van der Waals surface area contributed by atoms with Crippen LogP contribution in [0.3, 0.4) is 0 Å². The zero-order chi connectivity index (χ0) is 19.4. The number of nitrogens with zero attached hydrogens (tertiary/aromatic N) is 2. The summed E-state index contributed by atoms with van der Waals surface area (Å²) in [5.41, 5.74) is 1.33. The molecule has 1 aliphatic rings. The van der Waals surface area contributed by atoms with E-state index < -0.39 is 6.04 Å². The first-order valence-corrected chi connectivity index (χ1v) is 9.70. The number of hydrogen-bond acceptors (Lipinski definition) is 3. The fraction of sp³-hybridized carbons (Fsp3) is 0.455. The molecule has 144 valence electrons. The minimum Gasteiger partial charge on any atom is -0.344 e. The number of nitrogens with one attached hydrogen (secondary N) is 1. The summed E-state index contributed by atoms with van der Waals surface area (Å²) in [7, 11) is 0. The first-order chi connectivity index (χ1) is 13.0. The van der Waals surface area contributed by atoms with Gasteiger partial charge in [0.05, 0.1) is 0 Å². The van der Waals surface area contributed by atoms with E-state index in [1.807, 2.05) is 18.7 Å². The summed E-state index contributed by atoms with van der Waals surface area (Å²) in [4.78, 5) is 28.5. The van der Waals surface area contributed by atoms with Gasteiger partial charge in [0.25, 0.3) is 0 Å². The third-order valence-electron chi connectivity index (χ3n) is 5.25. The monoisotopic (exact) mass is 367 g/mol. The van der Waals surface area contributed by atoms with Crippen molar-refractivity contribution in [2.45, 2.75) is 33.4 Å². The van der Waals surface area contributed by atoms with Gasteiger partial charge in [-0.05, 0) is 22.3 Å². The molecule has 2 amide bonds. The minimum atomic E-state index is -0.438. The maximum absolute atomic E-state index is 12.8. The molecule has 0 aliphatic carbocycles. The highest BCUT2D eigenvalue weighted by molar-refractivity contribution is 5.87. The molecule has 1 unspecified atom stereocenters. The third-order valence-corrected chi connectivity index (χ3v) is 5.25. The number of benzene rings is 2. The normalized spacial score (nSPS) is 16.5. The summed E-state index contributed by atoms with van der Waals surface area (Å²) in [6, 6.07) is 14.5. The highest BCUT2D eigenvalue weighted by Crippen LogP contribution is 2.21. The first kappa shape index (κ1) is 19.4. The number of carbonyl (C=O) groups excluding carboxylic acids is 2. The largest absolute Gasteiger partial charge is 0.344 e. The summed E-state index contributed by atoms with van der Waals surface area (Å²) in [6.45, 7) is 9.39. The van der Waals surface area contributed by atoms with E-state index in [9.17, 15) is 9.59 Å². The molecule has 2 aromatic rings. The lowest BCUT2D eigenvalue weighted by Gasteiger charge is -2.37. The molecule has 1 atom stereocenters. The number of fused-ring (bicyclic) bond motifs is 1. The lowest BCUT2D eigenvalue weighted by atomic mass is 10.0. The molecular formula is C22H29N3O2. The molecule has 1 heterocycles. The fourth-order valence-corrected chi connectivity index (χ4v) is 3.73. The van der Waals surface area contributed by atoms with E-state index in [1.165, 1.54) is 23.3 Å². The van der Waals surface area contributed by atoms with E-state index in [0.717, 1.165) is 19.6 Å². The standard InChI is InChI=1S/C22H29N3O2/c1-16(2)21(23-17(3)26)22(27)25-13-11-24(12-14-25)15-19-9-6-8-18-7-4-5-10-20(18)19/h4-10,16,21H,11-15H2,1-3H3,(H,23,26). The molecule has 1 N–H and O–H groups in total. The van der Waals surface area contributed by atoms with Crippen molar-refractivity contribution in [3.05, 3.63) is 48.0 Å². The number of amides is 2. The second-order valence-electron chi connectivity index (χ2n) is 7.66. The Morgan fingerprint density at radius 2 is 1.67 bits per heavy atom. The molecule has 5 heteroatoms. The maximum atomic E-state index is 12.8. The van der Waals surface area contributed by atoms with Crippen LogP contribution in [0.25, 0.3) is 10.8 Å². The van der Waals surface area contributed by atoms with Gasteiger partial charge in [-0.25, -0.2) is 0 Å². The van der Waals surface area contributed by atoms with Crippen LogP contribution in [0.2, 0.25) is 0 Å². The van der Waals surface area contributed by atoms with Crippen molar-refractivity contribution in [2.75, 3.05) is 26.2 Å². The number of rotatable bonds is 5. The zero-order valence-electron chi connectivity index (χ0n) is 16.4. The molecule has 0 saturated carbocycles. The van der Waals surface area contributed by atoms with E-state index in [4.69, 9.17) is 0 Å². The summed E-state index contributed by atoms with van der Waals surface area (Å²) >= 11 is 0. The van der Waals surface area contributed by atoms with Crippen LogP contribution in [0.4, 0.5) is 0 Å². The Morgan fingerprint density at radius 1 is 1.00 bits per heavy atom. The van der Waals surface area contributed by atoms with Crippen LogP contribution in [0, 0.1) is 5.92 Å². The van der Waals surface area contributed by atoms with Crippen molar-refractivity contribution in [2.24, 2.45) is 5.92 Å². The van der Waals surface area contributed by atoms with Crippen LogP contribution in [0.15, 0.2) is 42.5 Å². The van der Waals surface area contributed by atoms with Gasteiger partial charge < -0.3 is 10.2 Å². The van der Waals surface area contributed by atoms with Gasteiger partial charge in [0.1, 0.15) is 6.04 Å². The van der Waals surface area contributed by atoms with E-state index in [2.05, 4.69) is 52.7 Å². The first-order valence-electron chi connectivity index (χ1n) is 9.70. The Bertz CT molecular complexity index is 805. The Labute approximate surface area is 161 Å². The van der Waals surface area contributed by atoms with Gasteiger partial charge in [-0.1, -0.05) is 56.3 Å². The average Bonchev–Trinajstić information content (AvgIpc) is 2.66. The van der Waals surface area contributed by atoms with Crippen LogP contribution >= 0.6 is 0 Å². The molecule has 0 radical (unpaired) electrons. The molecule has 0 bridgehead atoms. The Balaban J connectivity index is 1.61. The van der Waals surface area contributed by atoms with Crippen molar-refractivity contribution in [1.29, 1.82) is 0 Å². The number of hydrogen-bond donors (Lipinski definition) is 1. The van der Waals surface area contributed by atoms with Crippen LogP contribution in [-0.4, -0.2) is 53.8 Å². The highest BCUT2D eigenvalue weighted by Gasteiger charge is 2.30. The Hall–Kier alpha value is -2.40. The van der Waals surface area contributed by atoms with Crippen molar-refractivity contribution in [3.8, 4) is 0 Å². The smallest absolute Gasteiger partial charge is 0.245 e.